The van der Waals surface area contributed by atoms with Crippen molar-refractivity contribution >= 4 is 11.6 Å². The lowest BCUT2D eigenvalue weighted by Gasteiger charge is -2.22. The highest BCUT2D eigenvalue weighted by atomic mass is 16.5. The van der Waals surface area contributed by atoms with Crippen LogP contribution >= 0.6 is 0 Å². The maximum absolute atomic E-state index is 12.5. The highest BCUT2D eigenvalue weighted by Gasteiger charge is 2.45. The Morgan fingerprint density at radius 2 is 2.07 bits per heavy atom. The third-order valence-electron chi connectivity index (χ3n) is 6.85. The third-order valence-corrected chi connectivity index (χ3v) is 6.85. The zero-order valence-corrected chi connectivity index (χ0v) is 17.3. The molecule has 3 aliphatic heterocycles. The van der Waals surface area contributed by atoms with Gasteiger partial charge in [0.25, 0.3) is 0 Å². The minimum absolute atomic E-state index is 0.152. The van der Waals surface area contributed by atoms with Gasteiger partial charge in [0.1, 0.15) is 5.75 Å². The molecule has 2 atom stereocenters. The van der Waals surface area contributed by atoms with Gasteiger partial charge < -0.3 is 19.9 Å². The summed E-state index contributed by atoms with van der Waals surface area (Å²) in [5.74, 6) is 1.16. The summed E-state index contributed by atoms with van der Waals surface area (Å²) in [4.78, 5) is 17.0. The lowest BCUT2D eigenvalue weighted by Crippen LogP contribution is -2.29. The van der Waals surface area contributed by atoms with Crippen LogP contribution in [0.4, 0.5) is 5.69 Å². The number of hydrogen-bond donors (Lipinski definition) is 1. The zero-order chi connectivity index (χ0) is 19.4. The monoisotopic (exact) mass is 385 g/mol. The molecular weight excluding hydrogens is 350 g/mol. The number of carbonyl (C=O) groups excluding carboxylic acids is 1. The van der Waals surface area contributed by atoms with Crippen molar-refractivity contribution in [3.05, 3.63) is 24.3 Å². The summed E-state index contributed by atoms with van der Waals surface area (Å²) in [5, 5.41) is 3.41. The Hall–Kier alpha value is -1.59. The Morgan fingerprint density at radius 3 is 2.79 bits per heavy atom. The van der Waals surface area contributed by atoms with E-state index in [4.69, 9.17) is 4.74 Å². The van der Waals surface area contributed by atoms with Gasteiger partial charge in [-0.05, 0) is 89.3 Å². The highest BCUT2D eigenvalue weighted by Crippen LogP contribution is 2.39. The van der Waals surface area contributed by atoms with Gasteiger partial charge in [0.05, 0.1) is 6.61 Å². The summed E-state index contributed by atoms with van der Waals surface area (Å²) in [5.41, 5.74) is 1.15. The van der Waals surface area contributed by atoms with E-state index in [1.54, 1.807) is 0 Å². The maximum Gasteiger partial charge on any atom is 0.227 e. The number of benzene rings is 1. The molecule has 0 saturated carbocycles. The van der Waals surface area contributed by atoms with Crippen LogP contribution in [0.1, 0.15) is 51.9 Å². The van der Waals surface area contributed by atoms with E-state index in [1.807, 2.05) is 29.2 Å². The first-order valence-corrected chi connectivity index (χ1v) is 11.1. The molecule has 154 valence electrons. The van der Waals surface area contributed by atoms with Crippen LogP contribution in [0.15, 0.2) is 24.3 Å². The van der Waals surface area contributed by atoms with E-state index >= 15 is 0 Å². The molecule has 0 aromatic heterocycles. The van der Waals surface area contributed by atoms with Gasteiger partial charge in [-0.1, -0.05) is 0 Å². The summed E-state index contributed by atoms with van der Waals surface area (Å²) >= 11 is 0. The normalized spacial score (nSPS) is 28.0. The fourth-order valence-electron chi connectivity index (χ4n) is 5.04. The fourth-order valence-corrected chi connectivity index (χ4v) is 5.04. The molecular formula is C23H35N3O2. The van der Waals surface area contributed by atoms with E-state index in [0.29, 0.717) is 6.42 Å². The Balaban J connectivity index is 1.17. The van der Waals surface area contributed by atoms with Crippen LogP contribution in [0.2, 0.25) is 0 Å². The van der Waals surface area contributed by atoms with E-state index in [1.165, 1.54) is 38.8 Å². The zero-order valence-electron chi connectivity index (χ0n) is 17.3. The molecule has 0 aliphatic carbocycles. The number of rotatable bonds is 8. The highest BCUT2D eigenvalue weighted by molar-refractivity contribution is 5.96. The average Bonchev–Trinajstić information content (AvgIpc) is 3.40. The van der Waals surface area contributed by atoms with Crippen LogP contribution in [0.25, 0.3) is 0 Å². The number of carbonyl (C=O) groups is 1. The molecule has 2 unspecified atom stereocenters. The van der Waals surface area contributed by atoms with Crippen molar-refractivity contribution in [2.75, 3.05) is 44.2 Å². The Kier molecular flexibility index (Phi) is 6.22. The van der Waals surface area contributed by atoms with E-state index in [0.717, 1.165) is 56.6 Å². The number of nitrogens with zero attached hydrogens (tertiary/aromatic N) is 2. The average molecular weight is 386 g/mol. The fraction of sp³-hybridized carbons (Fsp3) is 0.696. The van der Waals surface area contributed by atoms with Gasteiger partial charge in [-0.25, -0.2) is 0 Å². The van der Waals surface area contributed by atoms with Gasteiger partial charge in [0, 0.05) is 36.7 Å². The number of hydrogen-bond acceptors (Lipinski definition) is 4. The van der Waals surface area contributed by atoms with E-state index in [2.05, 4.69) is 17.1 Å². The summed E-state index contributed by atoms with van der Waals surface area (Å²) < 4.78 is 5.91. The molecule has 1 aromatic carbocycles. The van der Waals surface area contributed by atoms with Crippen LogP contribution in [0.3, 0.4) is 0 Å². The minimum Gasteiger partial charge on any atom is -0.494 e. The molecule has 28 heavy (non-hydrogen) atoms. The summed E-state index contributed by atoms with van der Waals surface area (Å²) in [6.07, 6.45) is 8.09. The lowest BCUT2D eigenvalue weighted by molar-refractivity contribution is -0.117. The molecule has 3 fully saturated rings. The standard InChI is InChI=1S/C23H35N3O2/c1-19-6-5-14-25(19)13-3-2-4-15-28-21-9-7-20(8-10-21)26-18-23(16-22(26)27)11-12-24-17-23/h7-10,19,24H,2-6,11-18H2,1H3. The Labute approximate surface area is 169 Å². The van der Waals surface area contributed by atoms with Crippen LogP contribution in [-0.2, 0) is 4.79 Å². The van der Waals surface area contributed by atoms with Gasteiger partial charge in [-0.3, -0.25) is 4.79 Å². The molecule has 4 rings (SSSR count). The van der Waals surface area contributed by atoms with Crippen LogP contribution < -0.4 is 15.0 Å². The second-order valence-corrected chi connectivity index (χ2v) is 9.01. The minimum atomic E-state index is 0.152. The van der Waals surface area contributed by atoms with Crippen LogP contribution in [0, 0.1) is 5.41 Å². The van der Waals surface area contributed by atoms with E-state index in [-0.39, 0.29) is 11.3 Å². The quantitative estimate of drug-likeness (QED) is 0.697. The molecule has 1 N–H and O–H groups in total. The molecule has 3 saturated heterocycles. The topological polar surface area (TPSA) is 44.8 Å². The van der Waals surface area contributed by atoms with Crippen molar-refractivity contribution in [1.82, 2.24) is 10.2 Å². The molecule has 5 heteroatoms. The molecule has 1 amide bonds. The van der Waals surface area contributed by atoms with Crippen molar-refractivity contribution in [3.8, 4) is 5.75 Å². The first-order chi connectivity index (χ1) is 13.7. The molecule has 1 spiro atoms. The van der Waals surface area contributed by atoms with Crippen LogP contribution in [0.5, 0.6) is 5.75 Å². The second kappa shape index (κ2) is 8.83. The number of amides is 1. The maximum atomic E-state index is 12.5. The third kappa shape index (κ3) is 4.52. The molecule has 0 radical (unpaired) electrons. The molecule has 3 aliphatic rings. The van der Waals surface area contributed by atoms with Gasteiger partial charge in [0.15, 0.2) is 0 Å². The summed E-state index contributed by atoms with van der Waals surface area (Å²) in [6, 6.07) is 8.85. The predicted molar refractivity (Wildman–Crippen MR) is 113 cm³/mol. The Morgan fingerprint density at radius 1 is 1.21 bits per heavy atom. The number of anilines is 1. The van der Waals surface area contributed by atoms with Crippen molar-refractivity contribution in [3.63, 3.8) is 0 Å². The van der Waals surface area contributed by atoms with Gasteiger partial charge in [-0.15, -0.1) is 0 Å². The predicted octanol–water partition coefficient (Wildman–Crippen LogP) is 3.44. The van der Waals surface area contributed by atoms with Crippen LogP contribution in [-0.4, -0.2) is 56.2 Å². The number of ether oxygens (including phenoxy) is 1. The molecule has 3 heterocycles. The van der Waals surface area contributed by atoms with Crippen molar-refractivity contribution in [2.24, 2.45) is 5.41 Å². The first kappa shape index (κ1) is 19.7. The lowest BCUT2D eigenvalue weighted by atomic mass is 9.86. The smallest absolute Gasteiger partial charge is 0.227 e. The van der Waals surface area contributed by atoms with E-state index in [9.17, 15) is 4.79 Å². The Bertz CT molecular complexity index is 654. The van der Waals surface area contributed by atoms with E-state index < -0.39 is 0 Å². The van der Waals surface area contributed by atoms with Gasteiger partial charge in [0.2, 0.25) is 5.91 Å². The summed E-state index contributed by atoms with van der Waals surface area (Å²) in [6.45, 7) is 8.47. The number of likely N-dealkylation sites (tertiary alicyclic amines) is 1. The second-order valence-electron chi connectivity index (χ2n) is 9.01. The molecule has 5 nitrogen and oxygen atoms in total. The van der Waals surface area contributed by atoms with Crippen molar-refractivity contribution < 1.29 is 9.53 Å². The molecule has 0 bridgehead atoms. The van der Waals surface area contributed by atoms with Crippen molar-refractivity contribution in [1.29, 1.82) is 0 Å². The molecule has 1 aromatic rings. The largest absolute Gasteiger partial charge is 0.494 e. The van der Waals surface area contributed by atoms with Gasteiger partial charge in [-0.2, -0.15) is 0 Å². The first-order valence-electron chi connectivity index (χ1n) is 11.1. The number of nitrogens with one attached hydrogen (secondary N) is 1. The van der Waals surface area contributed by atoms with Crippen molar-refractivity contribution in [2.45, 2.75) is 57.9 Å². The summed E-state index contributed by atoms with van der Waals surface area (Å²) in [7, 11) is 0. The SMILES string of the molecule is CC1CCCN1CCCCCOc1ccc(N2CC3(CCNC3)CC2=O)cc1. The number of unbranched alkanes of at least 4 members (excludes halogenated alkanes) is 2. The van der Waals surface area contributed by atoms with Gasteiger partial charge >= 0.3 is 0 Å².